The van der Waals surface area contributed by atoms with Crippen molar-refractivity contribution in [2.24, 2.45) is 0 Å². The number of aliphatic hydroxyl groups excluding tert-OH is 2. The maximum atomic E-state index is 10.3. The Hall–Kier alpha value is -0.910. The van der Waals surface area contributed by atoms with Crippen LogP contribution in [-0.4, -0.2) is 27.4 Å². The lowest BCUT2D eigenvalue weighted by Gasteiger charge is -2.15. The number of hydrogen-bond donors (Lipinski definition) is 3. The normalized spacial score (nSPS) is 15.1. The van der Waals surface area contributed by atoms with Gasteiger partial charge in [0.25, 0.3) is 0 Å². The van der Waals surface area contributed by atoms with Crippen LogP contribution in [0.2, 0.25) is 0 Å². The molecule has 14 heavy (non-hydrogen) atoms. The van der Waals surface area contributed by atoms with E-state index in [-0.39, 0.29) is 0 Å². The number of thiophene rings is 1. The quantitative estimate of drug-likeness (QED) is 0.699. The molecule has 0 radical (unpaired) electrons. The van der Waals surface area contributed by atoms with Gasteiger partial charge in [0.05, 0.1) is 12.5 Å². The highest BCUT2D eigenvalue weighted by atomic mass is 32.1. The van der Waals surface area contributed by atoms with Gasteiger partial charge in [-0.05, 0) is 23.9 Å². The molecule has 0 fully saturated rings. The predicted octanol–water partition coefficient (Wildman–Crippen LogP) is 0.926. The second kappa shape index (κ2) is 4.54. The summed E-state index contributed by atoms with van der Waals surface area (Å²) in [5, 5.41) is 29.2. The highest BCUT2D eigenvalue weighted by Crippen LogP contribution is 2.25. The second-order valence-electron chi connectivity index (χ2n) is 3.04. The molecule has 1 aromatic heterocycles. The molecule has 1 rings (SSSR count). The van der Waals surface area contributed by atoms with Crippen molar-refractivity contribution in [3.63, 3.8) is 0 Å². The fraction of sp³-hybridized carbons (Fsp3) is 0.444. The summed E-state index contributed by atoms with van der Waals surface area (Å²) in [4.78, 5) is 11.2. The van der Waals surface area contributed by atoms with Gasteiger partial charge >= 0.3 is 5.97 Å². The zero-order chi connectivity index (χ0) is 10.7. The number of aliphatic carboxylic acids is 1. The Morgan fingerprint density at radius 2 is 2.21 bits per heavy atom. The fourth-order valence-corrected chi connectivity index (χ4v) is 1.94. The fourth-order valence-electron chi connectivity index (χ4n) is 1.20. The Morgan fingerprint density at radius 3 is 2.64 bits per heavy atom. The van der Waals surface area contributed by atoms with Crippen molar-refractivity contribution in [1.82, 2.24) is 0 Å². The summed E-state index contributed by atoms with van der Waals surface area (Å²) in [5.74, 6) is -1.12. The van der Waals surface area contributed by atoms with Gasteiger partial charge in [0.2, 0.25) is 0 Å². The molecule has 4 nitrogen and oxygen atoms in total. The summed E-state index contributed by atoms with van der Waals surface area (Å²) in [6.45, 7) is 1.82. The van der Waals surface area contributed by atoms with E-state index < -0.39 is 24.6 Å². The Bertz CT molecular complexity index is 320. The maximum Gasteiger partial charge on any atom is 0.306 e. The first-order valence-electron chi connectivity index (χ1n) is 4.14. The minimum Gasteiger partial charge on any atom is -0.481 e. The molecule has 0 spiro atoms. The number of rotatable bonds is 4. The summed E-state index contributed by atoms with van der Waals surface area (Å²) in [5.41, 5.74) is 0.601. The Kier molecular flexibility index (Phi) is 3.62. The van der Waals surface area contributed by atoms with Crippen molar-refractivity contribution in [3.05, 3.63) is 21.9 Å². The molecule has 0 saturated carbocycles. The smallest absolute Gasteiger partial charge is 0.306 e. The third-order valence-corrected chi connectivity index (χ3v) is 2.83. The lowest BCUT2D eigenvalue weighted by Crippen LogP contribution is -2.21. The number of aliphatic hydroxyl groups is 2. The highest BCUT2D eigenvalue weighted by molar-refractivity contribution is 7.10. The van der Waals surface area contributed by atoms with Gasteiger partial charge in [0.15, 0.2) is 0 Å². The van der Waals surface area contributed by atoms with E-state index in [4.69, 9.17) is 5.11 Å². The van der Waals surface area contributed by atoms with Crippen molar-refractivity contribution in [1.29, 1.82) is 0 Å². The maximum absolute atomic E-state index is 10.3. The molecular formula is C9H12O4S. The highest BCUT2D eigenvalue weighted by Gasteiger charge is 2.22. The lowest BCUT2D eigenvalue weighted by molar-refractivity contribution is -0.141. The predicted molar refractivity (Wildman–Crippen MR) is 52.3 cm³/mol. The van der Waals surface area contributed by atoms with Gasteiger partial charge in [0.1, 0.15) is 6.10 Å². The lowest BCUT2D eigenvalue weighted by atomic mass is 10.0. The van der Waals surface area contributed by atoms with Crippen LogP contribution in [0.15, 0.2) is 11.4 Å². The van der Waals surface area contributed by atoms with Crippen LogP contribution >= 0.6 is 11.3 Å². The Labute approximate surface area is 85.4 Å². The van der Waals surface area contributed by atoms with Crippen LogP contribution in [0, 0.1) is 6.92 Å². The average Bonchev–Trinajstić information content (AvgIpc) is 2.48. The third-order valence-electron chi connectivity index (χ3n) is 1.97. The molecule has 78 valence electrons. The molecule has 0 amide bonds. The topological polar surface area (TPSA) is 77.8 Å². The van der Waals surface area contributed by atoms with Gasteiger partial charge in [-0.3, -0.25) is 4.79 Å². The number of carbonyl (C=O) groups is 1. The van der Waals surface area contributed by atoms with E-state index in [0.29, 0.717) is 5.56 Å². The molecule has 1 aromatic rings. The standard InChI is InChI=1S/C9H12O4S/c1-5-6(2-3-14-5)9(13)7(10)4-8(11)12/h2-3,7,9-10,13H,4H2,1H3,(H,11,12). The minimum absolute atomic E-state index is 0.448. The summed E-state index contributed by atoms with van der Waals surface area (Å²) >= 11 is 1.45. The van der Waals surface area contributed by atoms with Crippen LogP contribution in [0.1, 0.15) is 23.0 Å². The second-order valence-corrected chi connectivity index (χ2v) is 4.16. The molecule has 0 saturated heterocycles. The number of carboxylic acid groups (broad SMARTS) is 1. The molecule has 0 bridgehead atoms. The molecule has 2 atom stereocenters. The SMILES string of the molecule is Cc1sccc1C(O)C(O)CC(=O)O. The summed E-state index contributed by atoms with van der Waals surface area (Å²) < 4.78 is 0. The van der Waals surface area contributed by atoms with Crippen LogP contribution in [0.5, 0.6) is 0 Å². The van der Waals surface area contributed by atoms with Crippen molar-refractivity contribution in [2.45, 2.75) is 25.6 Å². The summed E-state index contributed by atoms with van der Waals surface area (Å²) in [6.07, 6.45) is -2.81. The Morgan fingerprint density at radius 1 is 1.57 bits per heavy atom. The zero-order valence-corrected chi connectivity index (χ0v) is 8.49. The van der Waals surface area contributed by atoms with Crippen LogP contribution < -0.4 is 0 Å². The van der Waals surface area contributed by atoms with E-state index >= 15 is 0 Å². The number of carboxylic acids is 1. The van der Waals surface area contributed by atoms with Crippen molar-refractivity contribution >= 4 is 17.3 Å². The first-order valence-corrected chi connectivity index (χ1v) is 5.02. The molecule has 5 heteroatoms. The number of hydrogen-bond acceptors (Lipinski definition) is 4. The van der Waals surface area contributed by atoms with Gasteiger partial charge in [-0.2, -0.15) is 0 Å². The van der Waals surface area contributed by atoms with Crippen molar-refractivity contribution in [2.75, 3.05) is 0 Å². The largest absolute Gasteiger partial charge is 0.481 e. The number of aryl methyl sites for hydroxylation is 1. The van der Waals surface area contributed by atoms with Crippen LogP contribution in [0.4, 0.5) is 0 Å². The van der Waals surface area contributed by atoms with Gasteiger partial charge in [0, 0.05) is 4.88 Å². The molecule has 0 aliphatic carbocycles. The molecular weight excluding hydrogens is 204 g/mol. The van der Waals surface area contributed by atoms with Crippen molar-refractivity contribution < 1.29 is 20.1 Å². The molecule has 0 aliphatic heterocycles. The van der Waals surface area contributed by atoms with E-state index in [1.807, 2.05) is 6.92 Å². The van der Waals surface area contributed by atoms with E-state index in [0.717, 1.165) is 4.88 Å². The average molecular weight is 216 g/mol. The first kappa shape index (κ1) is 11.2. The van der Waals surface area contributed by atoms with E-state index in [1.165, 1.54) is 11.3 Å². The Balaban J connectivity index is 2.70. The first-order chi connectivity index (χ1) is 6.52. The molecule has 3 N–H and O–H groups in total. The van der Waals surface area contributed by atoms with Gasteiger partial charge in [-0.1, -0.05) is 0 Å². The van der Waals surface area contributed by atoms with Gasteiger partial charge in [-0.25, -0.2) is 0 Å². The van der Waals surface area contributed by atoms with Gasteiger partial charge in [-0.15, -0.1) is 11.3 Å². The van der Waals surface area contributed by atoms with E-state index in [2.05, 4.69) is 0 Å². The van der Waals surface area contributed by atoms with E-state index in [1.54, 1.807) is 11.4 Å². The zero-order valence-electron chi connectivity index (χ0n) is 7.67. The monoisotopic (exact) mass is 216 g/mol. The van der Waals surface area contributed by atoms with Crippen LogP contribution in [-0.2, 0) is 4.79 Å². The molecule has 2 unspecified atom stereocenters. The van der Waals surface area contributed by atoms with Crippen LogP contribution in [0.25, 0.3) is 0 Å². The minimum atomic E-state index is -1.25. The summed E-state index contributed by atoms with van der Waals surface area (Å²) in [6, 6.07) is 1.69. The molecule has 0 aliphatic rings. The van der Waals surface area contributed by atoms with E-state index in [9.17, 15) is 15.0 Å². The molecule has 1 heterocycles. The van der Waals surface area contributed by atoms with Crippen molar-refractivity contribution in [3.8, 4) is 0 Å². The summed E-state index contributed by atoms with van der Waals surface area (Å²) in [7, 11) is 0. The third kappa shape index (κ3) is 2.54. The van der Waals surface area contributed by atoms with Crippen LogP contribution in [0.3, 0.4) is 0 Å². The van der Waals surface area contributed by atoms with Gasteiger partial charge < -0.3 is 15.3 Å². The molecule has 0 aromatic carbocycles.